The Balaban J connectivity index is 1.77. The summed E-state index contributed by atoms with van der Waals surface area (Å²) in [4.78, 5) is 11.9. The molecule has 1 saturated heterocycles. The van der Waals surface area contributed by atoms with Gasteiger partial charge in [-0.05, 0) is 25.0 Å². The minimum Gasteiger partial charge on any atom is -0.508 e. The molecule has 2 N–H and O–H groups in total. The third kappa shape index (κ3) is 2.88. The molecule has 1 aliphatic heterocycles. The lowest BCUT2D eigenvalue weighted by atomic mass is 9.85. The highest BCUT2D eigenvalue weighted by Crippen LogP contribution is 2.37. The molecule has 120 valence electrons. The lowest BCUT2D eigenvalue weighted by molar-refractivity contribution is 0.401. The highest BCUT2D eigenvalue weighted by atomic mass is 16.3. The number of benzene rings is 1. The van der Waals surface area contributed by atoms with Crippen molar-refractivity contribution < 1.29 is 5.11 Å². The molecule has 0 radical (unpaired) electrons. The van der Waals surface area contributed by atoms with Crippen molar-refractivity contribution in [1.82, 2.24) is 15.3 Å². The fourth-order valence-electron chi connectivity index (χ4n) is 3.26. The summed E-state index contributed by atoms with van der Waals surface area (Å²) < 4.78 is 0. The number of hydrogen-bond acceptors (Lipinski definition) is 5. The molecular formula is C18H22N4O. The molecule has 0 spiro atoms. The van der Waals surface area contributed by atoms with Crippen molar-refractivity contribution in [3.8, 4) is 17.0 Å². The van der Waals surface area contributed by atoms with Crippen LogP contribution in [-0.2, 0) is 0 Å². The predicted octanol–water partition coefficient (Wildman–Crippen LogP) is 2.53. The Hall–Kier alpha value is -2.14. The molecule has 0 bridgehead atoms. The van der Waals surface area contributed by atoms with Gasteiger partial charge in [0.2, 0.25) is 0 Å². The lowest BCUT2D eigenvalue weighted by Gasteiger charge is -2.31. The second-order valence-electron chi connectivity index (χ2n) is 6.38. The van der Waals surface area contributed by atoms with Gasteiger partial charge in [0, 0.05) is 37.7 Å². The third-order valence-electron chi connectivity index (χ3n) is 4.84. The van der Waals surface area contributed by atoms with Crippen molar-refractivity contribution in [3.05, 3.63) is 36.3 Å². The number of piperazine rings is 1. The molecule has 2 aromatic rings. The van der Waals surface area contributed by atoms with E-state index in [1.165, 1.54) is 19.3 Å². The van der Waals surface area contributed by atoms with Gasteiger partial charge in [-0.1, -0.05) is 18.6 Å². The molecule has 1 aromatic carbocycles. The maximum absolute atomic E-state index is 9.84. The summed E-state index contributed by atoms with van der Waals surface area (Å²) in [6.07, 6.45) is 5.62. The average Bonchev–Trinajstić information content (AvgIpc) is 2.54. The molecule has 1 aromatic heterocycles. The number of nitrogens with one attached hydrogen (secondary N) is 1. The smallest absolute Gasteiger partial charge is 0.132 e. The number of phenols is 1. The van der Waals surface area contributed by atoms with E-state index in [0.29, 0.717) is 5.92 Å². The maximum atomic E-state index is 9.84. The van der Waals surface area contributed by atoms with Crippen molar-refractivity contribution >= 4 is 5.69 Å². The first-order chi connectivity index (χ1) is 11.3. The van der Waals surface area contributed by atoms with Gasteiger partial charge in [-0.25, -0.2) is 9.97 Å². The normalized spacial score (nSPS) is 18.7. The van der Waals surface area contributed by atoms with Gasteiger partial charge in [0.15, 0.2) is 0 Å². The number of phenolic OH excluding ortho intramolecular Hbond substituents is 1. The van der Waals surface area contributed by atoms with Gasteiger partial charge in [-0.15, -0.1) is 0 Å². The standard InChI is InChI=1S/C18H22N4O/c23-15-6-2-5-14(11-15)17-16(22-9-7-19-8-10-22)12-20-18(21-17)13-3-1-4-13/h2,5-6,11-13,19,23H,1,3-4,7-10H2. The quantitative estimate of drug-likeness (QED) is 0.912. The number of anilines is 1. The van der Waals surface area contributed by atoms with Gasteiger partial charge in [-0.2, -0.15) is 0 Å². The monoisotopic (exact) mass is 310 g/mol. The molecular weight excluding hydrogens is 288 g/mol. The van der Waals surface area contributed by atoms with Crippen molar-refractivity contribution in [2.75, 3.05) is 31.1 Å². The van der Waals surface area contributed by atoms with E-state index in [-0.39, 0.29) is 5.75 Å². The van der Waals surface area contributed by atoms with Gasteiger partial charge in [0.1, 0.15) is 11.6 Å². The predicted molar refractivity (Wildman–Crippen MR) is 90.8 cm³/mol. The topological polar surface area (TPSA) is 61.3 Å². The highest BCUT2D eigenvalue weighted by Gasteiger charge is 2.25. The Morgan fingerprint density at radius 3 is 2.70 bits per heavy atom. The lowest BCUT2D eigenvalue weighted by Crippen LogP contribution is -2.43. The van der Waals surface area contributed by atoms with Crippen LogP contribution in [0.3, 0.4) is 0 Å². The largest absolute Gasteiger partial charge is 0.508 e. The Labute approximate surface area is 136 Å². The third-order valence-corrected chi connectivity index (χ3v) is 4.84. The van der Waals surface area contributed by atoms with E-state index in [1.54, 1.807) is 12.1 Å². The van der Waals surface area contributed by atoms with E-state index in [1.807, 2.05) is 18.3 Å². The maximum Gasteiger partial charge on any atom is 0.132 e. The summed E-state index contributed by atoms with van der Waals surface area (Å²) in [5.74, 6) is 1.73. The molecule has 1 aliphatic carbocycles. The van der Waals surface area contributed by atoms with Crippen LogP contribution in [0.2, 0.25) is 0 Å². The molecule has 4 rings (SSSR count). The van der Waals surface area contributed by atoms with Crippen LogP contribution in [0.5, 0.6) is 5.75 Å². The van der Waals surface area contributed by atoms with Crippen molar-refractivity contribution in [2.45, 2.75) is 25.2 Å². The van der Waals surface area contributed by atoms with Crippen LogP contribution in [0.1, 0.15) is 31.0 Å². The summed E-state index contributed by atoms with van der Waals surface area (Å²) >= 11 is 0. The number of aromatic hydroxyl groups is 1. The average molecular weight is 310 g/mol. The minimum atomic E-state index is 0.276. The van der Waals surface area contributed by atoms with Gasteiger partial charge in [0.25, 0.3) is 0 Å². The molecule has 2 fully saturated rings. The zero-order valence-electron chi connectivity index (χ0n) is 13.2. The summed E-state index contributed by atoms with van der Waals surface area (Å²) in [6.45, 7) is 3.86. The number of rotatable bonds is 3. The molecule has 0 atom stereocenters. The molecule has 5 nitrogen and oxygen atoms in total. The van der Waals surface area contributed by atoms with Crippen molar-refractivity contribution in [2.24, 2.45) is 0 Å². The molecule has 2 heterocycles. The SMILES string of the molecule is Oc1cccc(-c2nc(C3CCC3)ncc2N2CCNCC2)c1. The summed E-state index contributed by atoms with van der Waals surface area (Å²) in [5, 5.41) is 13.2. The zero-order valence-corrected chi connectivity index (χ0v) is 13.2. The second-order valence-corrected chi connectivity index (χ2v) is 6.38. The van der Waals surface area contributed by atoms with Crippen LogP contribution in [0, 0.1) is 0 Å². The Kier molecular flexibility index (Phi) is 3.87. The van der Waals surface area contributed by atoms with E-state index in [2.05, 4.69) is 15.2 Å². The first-order valence-corrected chi connectivity index (χ1v) is 8.43. The second kappa shape index (κ2) is 6.16. The van der Waals surface area contributed by atoms with Gasteiger partial charge in [-0.3, -0.25) is 0 Å². The molecule has 2 aliphatic rings. The van der Waals surface area contributed by atoms with Crippen LogP contribution in [0.4, 0.5) is 5.69 Å². The molecule has 0 unspecified atom stereocenters. The minimum absolute atomic E-state index is 0.276. The van der Waals surface area contributed by atoms with Gasteiger partial charge in [0.05, 0.1) is 17.6 Å². The van der Waals surface area contributed by atoms with Crippen LogP contribution in [0.25, 0.3) is 11.3 Å². The Morgan fingerprint density at radius 1 is 1.17 bits per heavy atom. The fraction of sp³-hybridized carbons (Fsp3) is 0.444. The van der Waals surface area contributed by atoms with Gasteiger partial charge < -0.3 is 15.3 Å². The first-order valence-electron chi connectivity index (χ1n) is 8.43. The number of nitrogens with zero attached hydrogens (tertiary/aromatic N) is 3. The molecule has 23 heavy (non-hydrogen) atoms. The van der Waals surface area contributed by atoms with Crippen LogP contribution < -0.4 is 10.2 Å². The summed E-state index contributed by atoms with van der Waals surface area (Å²) in [5.41, 5.74) is 2.97. The highest BCUT2D eigenvalue weighted by molar-refractivity contribution is 5.75. The van der Waals surface area contributed by atoms with E-state index < -0.39 is 0 Å². The number of hydrogen-bond donors (Lipinski definition) is 2. The van der Waals surface area contributed by atoms with Gasteiger partial charge >= 0.3 is 0 Å². The van der Waals surface area contributed by atoms with Crippen LogP contribution in [-0.4, -0.2) is 41.3 Å². The Morgan fingerprint density at radius 2 is 2.00 bits per heavy atom. The van der Waals surface area contributed by atoms with E-state index in [9.17, 15) is 5.11 Å². The first kappa shape index (κ1) is 14.5. The molecule has 5 heteroatoms. The van der Waals surface area contributed by atoms with E-state index in [4.69, 9.17) is 4.98 Å². The zero-order chi connectivity index (χ0) is 15.6. The van der Waals surface area contributed by atoms with E-state index >= 15 is 0 Å². The van der Waals surface area contributed by atoms with Crippen LogP contribution in [0.15, 0.2) is 30.5 Å². The van der Waals surface area contributed by atoms with E-state index in [0.717, 1.165) is 48.9 Å². The fourth-order valence-corrected chi connectivity index (χ4v) is 3.26. The van der Waals surface area contributed by atoms with Crippen molar-refractivity contribution in [1.29, 1.82) is 0 Å². The summed E-state index contributed by atoms with van der Waals surface area (Å²) in [7, 11) is 0. The molecule has 1 saturated carbocycles. The number of aromatic nitrogens is 2. The van der Waals surface area contributed by atoms with Crippen molar-refractivity contribution in [3.63, 3.8) is 0 Å². The Bertz CT molecular complexity index is 693. The molecule has 0 amide bonds. The van der Waals surface area contributed by atoms with Crippen LogP contribution >= 0.6 is 0 Å². The summed E-state index contributed by atoms with van der Waals surface area (Å²) in [6, 6.07) is 7.37.